The second-order valence-corrected chi connectivity index (χ2v) is 2.96. The van der Waals surface area contributed by atoms with Crippen molar-refractivity contribution < 1.29 is 4.29 Å². The molecule has 0 aliphatic rings. The van der Waals surface area contributed by atoms with E-state index in [9.17, 15) is 0 Å². The van der Waals surface area contributed by atoms with Crippen LogP contribution in [0.1, 0.15) is 20.3 Å². The van der Waals surface area contributed by atoms with Crippen molar-refractivity contribution in [2.75, 3.05) is 20.2 Å². The number of nitrogens with zero attached hydrogens (tertiary/aromatic N) is 1. The smallest absolute Gasteiger partial charge is 0.0694 e. The van der Waals surface area contributed by atoms with Crippen molar-refractivity contribution in [3.05, 3.63) is 0 Å². The minimum atomic E-state index is 0.607. The molecule has 0 spiro atoms. The third-order valence-electron chi connectivity index (χ3n) is 1.61. The van der Waals surface area contributed by atoms with E-state index in [0.29, 0.717) is 12.6 Å². The SMILES string of the molecule is CC(C)N(C)CCCOCl. The van der Waals surface area contributed by atoms with Gasteiger partial charge < -0.3 is 4.90 Å². The van der Waals surface area contributed by atoms with Crippen LogP contribution in [0.5, 0.6) is 0 Å². The van der Waals surface area contributed by atoms with Crippen molar-refractivity contribution in [1.82, 2.24) is 4.90 Å². The first-order valence-corrected chi connectivity index (χ1v) is 3.93. The molecular weight excluding hydrogens is 150 g/mol. The Kier molecular flexibility index (Phi) is 6.08. The summed E-state index contributed by atoms with van der Waals surface area (Å²) in [6, 6.07) is 0.607. The summed E-state index contributed by atoms with van der Waals surface area (Å²) >= 11 is 5.05. The maximum Gasteiger partial charge on any atom is 0.0694 e. The second kappa shape index (κ2) is 5.96. The van der Waals surface area contributed by atoms with E-state index < -0.39 is 0 Å². The summed E-state index contributed by atoms with van der Waals surface area (Å²) in [6.07, 6.45) is 0.998. The Balaban J connectivity index is 3.13. The molecule has 0 aliphatic heterocycles. The largest absolute Gasteiger partial charge is 0.304 e. The third-order valence-corrected chi connectivity index (χ3v) is 1.77. The van der Waals surface area contributed by atoms with Crippen molar-refractivity contribution >= 4 is 11.9 Å². The van der Waals surface area contributed by atoms with Crippen LogP contribution in [0.4, 0.5) is 0 Å². The zero-order chi connectivity index (χ0) is 7.98. The van der Waals surface area contributed by atoms with E-state index >= 15 is 0 Å². The quantitative estimate of drug-likeness (QED) is 0.577. The van der Waals surface area contributed by atoms with Crippen LogP contribution in [-0.4, -0.2) is 31.1 Å². The number of hydrogen-bond donors (Lipinski definition) is 0. The van der Waals surface area contributed by atoms with Gasteiger partial charge in [-0.15, -0.1) is 0 Å². The molecule has 0 rings (SSSR count). The lowest BCUT2D eigenvalue weighted by Gasteiger charge is -2.19. The fourth-order valence-electron chi connectivity index (χ4n) is 0.627. The first kappa shape index (κ1) is 10.2. The zero-order valence-electron chi connectivity index (χ0n) is 6.93. The van der Waals surface area contributed by atoms with Crippen molar-refractivity contribution in [1.29, 1.82) is 0 Å². The van der Waals surface area contributed by atoms with Crippen LogP contribution in [0, 0.1) is 0 Å². The van der Waals surface area contributed by atoms with Crippen molar-refractivity contribution in [3.63, 3.8) is 0 Å². The first-order valence-electron chi connectivity index (χ1n) is 3.62. The minimum Gasteiger partial charge on any atom is -0.304 e. The molecule has 0 aliphatic carbocycles. The van der Waals surface area contributed by atoms with Crippen LogP contribution in [0.15, 0.2) is 0 Å². The molecule has 0 aromatic carbocycles. The van der Waals surface area contributed by atoms with Crippen molar-refractivity contribution in [2.24, 2.45) is 0 Å². The fourth-order valence-corrected chi connectivity index (χ4v) is 0.736. The van der Waals surface area contributed by atoms with Gasteiger partial charge in [0, 0.05) is 12.6 Å². The molecule has 0 unspecified atom stereocenters. The van der Waals surface area contributed by atoms with E-state index in [2.05, 4.69) is 30.1 Å². The second-order valence-electron chi connectivity index (χ2n) is 2.74. The van der Waals surface area contributed by atoms with E-state index in [0.717, 1.165) is 13.0 Å². The molecule has 3 heteroatoms. The number of halogens is 1. The normalized spacial score (nSPS) is 11.4. The van der Waals surface area contributed by atoms with E-state index in [1.807, 2.05) is 0 Å². The molecule has 0 N–H and O–H groups in total. The highest BCUT2D eigenvalue weighted by molar-refractivity contribution is 6.07. The molecule has 0 bridgehead atoms. The predicted octanol–water partition coefficient (Wildman–Crippen LogP) is 1.89. The lowest BCUT2D eigenvalue weighted by molar-refractivity contribution is 0.241. The summed E-state index contributed by atoms with van der Waals surface area (Å²) in [4.78, 5) is 2.26. The molecule has 62 valence electrons. The summed E-state index contributed by atoms with van der Waals surface area (Å²) in [5.74, 6) is 0. The molecule has 0 saturated heterocycles. The van der Waals surface area contributed by atoms with Gasteiger partial charge in [0.15, 0.2) is 0 Å². The van der Waals surface area contributed by atoms with Gasteiger partial charge in [0.1, 0.15) is 0 Å². The lowest BCUT2D eigenvalue weighted by Crippen LogP contribution is -2.27. The Labute approximate surface area is 68.3 Å². The number of hydrogen-bond acceptors (Lipinski definition) is 2. The highest BCUT2D eigenvalue weighted by Crippen LogP contribution is 1.95. The molecule has 0 saturated carbocycles. The van der Waals surface area contributed by atoms with Gasteiger partial charge >= 0.3 is 0 Å². The summed E-state index contributed by atoms with van der Waals surface area (Å²) in [6.45, 7) is 6.02. The van der Waals surface area contributed by atoms with Gasteiger partial charge in [-0.05, 0) is 27.3 Å². The summed E-state index contributed by atoms with van der Waals surface area (Å²) in [5.41, 5.74) is 0. The Morgan fingerprint density at radius 3 is 2.50 bits per heavy atom. The Morgan fingerprint density at radius 2 is 2.10 bits per heavy atom. The van der Waals surface area contributed by atoms with Gasteiger partial charge in [-0.2, -0.15) is 0 Å². The minimum absolute atomic E-state index is 0.607. The first-order chi connectivity index (χ1) is 4.68. The van der Waals surface area contributed by atoms with E-state index in [-0.39, 0.29) is 0 Å². The molecule has 0 heterocycles. The zero-order valence-corrected chi connectivity index (χ0v) is 7.69. The van der Waals surface area contributed by atoms with E-state index in [4.69, 9.17) is 11.9 Å². The Bertz CT molecular complexity index is 78.0. The molecule has 10 heavy (non-hydrogen) atoms. The highest BCUT2D eigenvalue weighted by Gasteiger charge is 2.00. The lowest BCUT2D eigenvalue weighted by atomic mass is 10.3. The average molecular weight is 166 g/mol. The van der Waals surface area contributed by atoms with Gasteiger partial charge in [-0.3, -0.25) is 4.29 Å². The van der Waals surface area contributed by atoms with Crippen molar-refractivity contribution in [3.8, 4) is 0 Å². The topological polar surface area (TPSA) is 12.5 Å². The molecular formula is C7H16ClNO. The Hall–Kier alpha value is 0.210. The third kappa shape index (κ3) is 5.03. The Morgan fingerprint density at radius 1 is 1.50 bits per heavy atom. The van der Waals surface area contributed by atoms with E-state index in [1.165, 1.54) is 0 Å². The number of rotatable bonds is 5. The average Bonchev–Trinajstić information content (AvgIpc) is 1.88. The van der Waals surface area contributed by atoms with Gasteiger partial charge in [0.25, 0.3) is 0 Å². The van der Waals surface area contributed by atoms with Crippen LogP contribution in [0.2, 0.25) is 0 Å². The van der Waals surface area contributed by atoms with Crippen LogP contribution >= 0.6 is 11.9 Å². The van der Waals surface area contributed by atoms with Gasteiger partial charge in [-0.25, -0.2) is 0 Å². The van der Waals surface area contributed by atoms with Gasteiger partial charge in [-0.1, -0.05) is 0 Å². The predicted molar refractivity (Wildman–Crippen MR) is 44.2 cm³/mol. The summed E-state index contributed by atoms with van der Waals surface area (Å²) in [5, 5.41) is 0. The standard InChI is InChI=1S/C7H16ClNO/c1-7(2)9(3)5-4-6-10-8/h7H,4-6H2,1-3H3. The maximum atomic E-state index is 5.05. The van der Waals surface area contributed by atoms with Crippen LogP contribution < -0.4 is 0 Å². The molecule has 2 nitrogen and oxygen atoms in total. The molecule has 0 aromatic rings. The molecule has 0 radical (unpaired) electrons. The summed E-state index contributed by atoms with van der Waals surface area (Å²) < 4.78 is 4.42. The molecule has 0 amide bonds. The molecule has 0 aromatic heterocycles. The van der Waals surface area contributed by atoms with Gasteiger partial charge in [0.2, 0.25) is 0 Å². The molecule has 0 atom stereocenters. The van der Waals surface area contributed by atoms with E-state index in [1.54, 1.807) is 0 Å². The van der Waals surface area contributed by atoms with Gasteiger partial charge in [0.05, 0.1) is 18.5 Å². The monoisotopic (exact) mass is 165 g/mol. The van der Waals surface area contributed by atoms with Crippen molar-refractivity contribution in [2.45, 2.75) is 26.3 Å². The van der Waals surface area contributed by atoms with Crippen LogP contribution in [0.3, 0.4) is 0 Å². The van der Waals surface area contributed by atoms with Crippen LogP contribution in [-0.2, 0) is 4.29 Å². The maximum absolute atomic E-state index is 5.05. The molecule has 0 fully saturated rings. The highest BCUT2D eigenvalue weighted by atomic mass is 35.5. The fraction of sp³-hybridized carbons (Fsp3) is 1.00. The van der Waals surface area contributed by atoms with Crippen LogP contribution in [0.25, 0.3) is 0 Å². The summed E-state index contributed by atoms with van der Waals surface area (Å²) in [7, 11) is 2.10.